The fourth-order valence-corrected chi connectivity index (χ4v) is 2.32. The number of rotatable bonds is 4. The minimum Gasteiger partial charge on any atom is -0.758 e. The van der Waals surface area contributed by atoms with Crippen LogP contribution in [0.4, 0.5) is 0 Å². The number of benzene rings is 1. The van der Waals surface area contributed by atoms with Crippen molar-refractivity contribution in [1.29, 1.82) is 0 Å². The lowest BCUT2D eigenvalue weighted by molar-refractivity contribution is 0.275. The molecule has 0 spiro atoms. The highest BCUT2D eigenvalue weighted by molar-refractivity contribution is 6.61. The second-order valence-electron chi connectivity index (χ2n) is 6.87. The van der Waals surface area contributed by atoms with Crippen LogP contribution in [0.3, 0.4) is 0 Å². The summed E-state index contributed by atoms with van der Waals surface area (Å²) in [4.78, 5) is 4.25. The molecule has 0 saturated carbocycles. The van der Waals surface area contributed by atoms with Gasteiger partial charge in [0.15, 0.2) is 0 Å². The maximum atomic E-state index is 11.8. The molecule has 0 radical (unpaired) electrons. The molecule has 2 aromatic rings. The third kappa shape index (κ3) is 4.20. The number of hydrogen-bond donors (Lipinski definition) is 1. The predicted octanol–water partition coefficient (Wildman–Crippen LogP) is 2.66. The first kappa shape index (κ1) is 17.5. The van der Waals surface area contributed by atoms with Gasteiger partial charge in [-0.25, -0.2) is 4.98 Å². The number of hydrogen-bond acceptors (Lipinski definition) is 6. The van der Waals surface area contributed by atoms with Gasteiger partial charge in [-0.05, 0) is 67.8 Å². The summed E-state index contributed by atoms with van der Waals surface area (Å²) in [5.74, 6) is 1.08. The van der Waals surface area contributed by atoms with Gasteiger partial charge < -0.3 is 24.7 Å². The number of aromatic nitrogens is 1. The van der Waals surface area contributed by atoms with E-state index in [0.29, 0.717) is 18.2 Å². The summed E-state index contributed by atoms with van der Waals surface area (Å²) in [7, 11) is -0.859. The highest BCUT2D eigenvalue weighted by atomic mass is 16.5. The standard InChI is InChI=1S/C18H20BN2O4/c1-18(2,3)21(23)9-8-13-4-7-17(20-11-13)25-15-5-6-16-14(10-15)12-24-19(16)22/h4-11,22H,12H2,1-3H3/q-1/b9-8-. The molecule has 3 rings (SSSR count). The summed E-state index contributed by atoms with van der Waals surface area (Å²) in [6, 6.07) is 8.96. The third-order valence-corrected chi connectivity index (χ3v) is 3.82. The number of hydroxylamine groups is 2. The second kappa shape index (κ2) is 6.88. The van der Waals surface area contributed by atoms with Crippen molar-refractivity contribution in [3.05, 3.63) is 59.1 Å². The van der Waals surface area contributed by atoms with Crippen LogP contribution in [-0.2, 0) is 11.3 Å². The fraction of sp³-hybridized carbons (Fsp3) is 0.278. The molecule has 0 bridgehead atoms. The summed E-state index contributed by atoms with van der Waals surface area (Å²) in [5, 5.41) is 22.3. The Morgan fingerprint density at radius 1 is 1.32 bits per heavy atom. The highest BCUT2D eigenvalue weighted by Crippen LogP contribution is 2.22. The van der Waals surface area contributed by atoms with Crippen molar-refractivity contribution < 1.29 is 14.4 Å². The van der Waals surface area contributed by atoms with Crippen LogP contribution in [0.25, 0.3) is 6.08 Å². The van der Waals surface area contributed by atoms with E-state index in [1.54, 1.807) is 30.5 Å². The topological polar surface area (TPSA) is 77.9 Å². The van der Waals surface area contributed by atoms with Crippen molar-refractivity contribution in [2.24, 2.45) is 0 Å². The molecule has 7 heteroatoms. The molecule has 1 N–H and O–H groups in total. The highest BCUT2D eigenvalue weighted by Gasteiger charge is 2.27. The number of nitrogens with zero attached hydrogens (tertiary/aromatic N) is 2. The second-order valence-corrected chi connectivity index (χ2v) is 6.87. The molecule has 0 unspecified atom stereocenters. The molecule has 25 heavy (non-hydrogen) atoms. The van der Waals surface area contributed by atoms with Gasteiger partial charge in [-0.3, -0.25) is 0 Å². The maximum absolute atomic E-state index is 11.8. The zero-order valence-electron chi connectivity index (χ0n) is 14.5. The van der Waals surface area contributed by atoms with E-state index >= 15 is 0 Å². The molecular weight excluding hydrogens is 319 g/mol. The Balaban J connectivity index is 1.66. The van der Waals surface area contributed by atoms with Crippen LogP contribution in [0.5, 0.6) is 11.6 Å². The molecule has 0 amide bonds. The summed E-state index contributed by atoms with van der Waals surface area (Å²) in [6.07, 6.45) is 4.84. The van der Waals surface area contributed by atoms with Crippen LogP contribution in [0.15, 0.2) is 42.7 Å². The van der Waals surface area contributed by atoms with Gasteiger partial charge in [0, 0.05) is 17.8 Å². The van der Waals surface area contributed by atoms with Gasteiger partial charge in [-0.1, -0.05) is 6.07 Å². The van der Waals surface area contributed by atoms with Crippen molar-refractivity contribution in [3.63, 3.8) is 0 Å². The SMILES string of the molecule is CC(C)(C)N([O-])/C=C\c1ccc(Oc2ccc3c(c2)COB3O)nc1. The lowest BCUT2D eigenvalue weighted by atomic mass is 9.80. The first-order valence-corrected chi connectivity index (χ1v) is 8.04. The van der Waals surface area contributed by atoms with Crippen molar-refractivity contribution >= 4 is 18.7 Å². The molecule has 0 fully saturated rings. The molecule has 1 aromatic heterocycles. The van der Waals surface area contributed by atoms with Gasteiger partial charge in [0.1, 0.15) is 5.75 Å². The fourth-order valence-electron chi connectivity index (χ4n) is 2.32. The normalized spacial score (nSPS) is 14.0. The lowest BCUT2D eigenvalue weighted by Crippen LogP contribution is -2.31. The van der Waals surface area contributed by atoms with Crippen LogP contribution in [0, 0.1) is 5.21 Å². The van der Waals surface area contributed by atoms with Crippen molar-refractivity contribution in [2.45, 2.75) is 32.9 Å². The largest absolute Gasteiger partial charge is 0.758 e. The molecule has 0 atom stereocenters. The maximum Gasteiger partial charge on any atom is 0.491 e. The van der Waals surface area contributed by atoms with Gasteiger partial charge in [-0.2, -0.15) is 0 Å². The van der Waals surface area contributed by atoms with Gasteiger partial charge >= 0.3 is 7.12 Å². The van der Waals surface area contributed by atoms with Gasteiger partial charge in [0.2, 0.25) is 5.88 Å². The minimum absolute atomic E-state index is 0.365. The van der Waals surface area contributed by atoms with E-state index in [4.69, 9.17) is 9.39 Å². The molecule has 2 heterocycles. The van der Waals surface area contributed by atoms with Crippen LogP contribution in [0.1, 0.15) is 31.9 Å². The first-order valence-electron chi connectivity index (χ1n) is 8.04. The van der Waals surface area contributed by atoms with E-state index in [1.807, 2.05) is 32.9 Å². The molecule has 1 aromatic carbocycles. The van der Waals surface area contributed by atoms with E-state index in [1.165, 1.54) is 6.20 Å². The first-order chi connectivity index (χ1) is 11.8. The molecule has 130 valence electrons. The third-order valence-electron chi connectivity index (χ3n) is 3.82. The van der Waals surface area contributed by atoms with E-state index < -0.39 is 12.7 Å². The van der Waals surface area contributed by atoms with Crippen LogP contribution < -0.4 is 10.2 Å². The molecule has 1 aliphatic rings. The Labute approximate surface area is 147 Å². The molecule has 0 aliphatic carbocycles. The zero-order chi connectivity index (χ0) is 18.0. The lowest BCUT2D eigenvalue weighted by Gasteiger charge is -2.40. The summed E-state index contributed by atoms with van der Waals surface area (Å²) < 4.78 is 10.9. The van der Waals surface area contributed by atoms with E-state index in [0.717, 1.165) is 21.7 Å². The number of fused-ring (bicyclic) bond motifs is 1. The average Bonchev–Trinajstić information content (AvgIpc) is 2.94. The zero-order valence-corrected chi connectivity index (χ0v) is 14.5. The average molecular weight is 339 g/mol. The monoisotopic (exact) mass is 339 g/mol. The molecule has 1 aliphatic heterocycles. The summed E-state index contributed by atoms with van der Waals surface area (Å²) in [5.41, 5.74) is 2.00. The molecular formula is C18H20BN2O4-. The van der Waals surface area contributed by atoms with E-state index in [-0.39, 0.29) is 0 Å². The smallest absolute Gasteiger partial charge is 0.491 e. The predicted molar refractivity (Wildman–Crippen MR) is 97.1 cm³/mol. The Morgan fingerprint density at radius 3 is 2.80 bits per heavy atom. The summed E-state index contributed by atoms with van der Waals surface area (Å²) in [6.45, 7) is 5.91. The quantitative estimate of drug-likeness (QED) is 0.682. The Bertz CT molecular complexity index is 772. The minimum atomic E-state index is -0.859. The molecule has 0 saturated heterocycles. The van der Waals surface area contributed by atoms with Gasteiger partial charge in [-0.15, -0.1) is 0 Å². The van der Waals surface area contributed by atoms with Crippen LogP contribution >= 0.6 is 0 Å². The van der Waals surface area contributed by atoms with E-state index in [9.17, 15) is 10.2 Å². The van der Waals surface area contributed by atoms with Crippen molar-refractivity contribution in [1.82, 2.24) is 10.0 Å². The van der Waals surface area contributed by atoms with Crippen LogP contribution in [-0.4, -0.2) is 27.7 Å². The Hall–Kier alpha value is -2.35. The Morgan fingerprint density at radius 2 is 2.12 bits per heavy atom. The van der Waals surface area contributed by atoms with Crippen molar-refractivity contribution in [2.75, 3.05) is 0 Å². The van der Waals surface area contributed by atoms with Gasteiger partial charge in [0.25, 0.3) is 0 Å². The number of ether oxygens (including phenoxy) is 1. The number of pyridine rings is 1. The Kier molecular flexibility index (Phi) is 4.81. The van der Waals surface area contributed by atoms with Crippen molar-refractivity contribution in [3.8, 4) is 11.6 Å². The summed E-state index contributed by atoms with van der Waals surface area (Å²) >= 11 is 0. The van der Waals surface area contributed by atoms with Gasteiger partial charge in [0.05, 0.1) is 6.61 Å². The molecule has 6 nitrogen and oxygen atoms in total. The van der Waals surface area contributed by atoms with Crippen LogP contribution in [0.2, 0.25) is 0 Å². The van der Waals surface area contributed by atoms with E-state index in [2.05, 4.69) is 4.98 Å².